The van der Waals surface area contributed by atoms with Gasteiger partial charge in [-0.2, -0.15) is 0 Å². The van der Waals surface area contributed by atoms with Gasteiger partial charge in [-0.05, 0) is 85.3 Å². The number of aromatic carboxylic acids is 3. The van der Waals surface area contributed by atoms with E-state index in [2.05, 4.69) is 0 Å². The van der Waals surface area contributed by atoms with E-state index in [0.717, 1.165) is 22.3 Å². The van der Waals surface area contributed by atoms with Crippen LogP contribution in [0.2, 0.25) is 0 Å². The molecule has 6 nitrogen and oxygen atoms in total. The monoisotopic (exact) mass is 538 g/mol. The van der Waals surface area contributed by atoms with Crippen molar-refractivity contribution in [1.29, 1.82) is 0 Å². The van der Waals surface area contributed by atoms with Crippen molar-refractivity contribution in [2.75, 3.05) is 0 Å². The van der Waals surface area contributed by atoms with Crippen molar-refractivity contribution >= 4 is 41.4 Å². The molecule has 0 saturated heterocycles. The van der Waals surface area contributed by atoms with Gasteiger partial charge in [0, 0.05) is 20.3 Å². The minimum absolute atomic E-state index is 0.0337. The second-order valence-electron chi connectivity index (χ2n) is 9.15. The van der Waals surface area contributed by atoms with Crippen molar-refractivity contribution < 1.29 is 29.7 Å². The molecule has 8 heteroatoms. The topological polar surface area (TPSA) is 112 Å². The van der Waals surface area contributed by atoms with Crippen LogP contribution in [0.4, 0.5) is 0 Å². The third-order valence-corrected chi connectivity index (χ3v) is 8.25. The average molecular weight is 539 g/mol. The molecule has 3 aromatic carbocycles. The highest BCUT2D eigenvalue weighted by molar-refractivity contribution is 8.00. The number of hydrogen-bond acceptors (Lipinski definition) is 5. The first-order valence-corrected chi connectivity index (χ1v) is 13.6. The molecule has 0 aliphatic carbocycles. The summed E-state index contributed by atoms with van der Waals surface area (Å²) < 4.78 is 0. The smallest absolute Gasteiger partial charge is 0.336 e. The number of carbonyl (C=O) groups is 3. The molecule has 0 heterocycles. The lowest BCUT2D eigenvalue weighted by Crippen LogP contribution is -2.10. The van der Waals surface area contributed by atoms with Gasteiger partial charge in [0.05, 0.1) is 16.7 Å². The van der Waals surface area contributed by atoms with Gasteiger partial charge >= 0.3 is 17.9 Å². The molecule has 0 fully saturated rings. The van der Waals surface area contributed by atoms with Gasteiger partial charge in [-0.15, -0.1) is 23.5 Å². The van der Waals surface area contributed by atoms with Crippen molar-refractivity contribution in [1.82, 2.24) is 0 Å². The number of thioether (sulfide) groups is 2. The zero-order valence-electron chi connectivity index (χ0n) is 21.1. The molecular formula is C29H30O6S2. The van der Waals surface area contributed by atoms with Crippen molar-refractivity contribution in [2.24, 2.45) is 0 Å². The number of hydrogen-bond donors (Lipinski definition) is 3. The van der Waals surface area contributed by atoms with E-state index in [1.807, 2.05) is 39.8 Å². The van der Waals surface area contributed by atoms with Gasteiger partial charge in [-0.3, -0.25) is 0 Å². The maximum atomic E-state index is 12.1. The number of carboxylic acid groups (broad SMARTS) is 3. The van der Waals surface area contributed by atoms with E-state index in [1.165, 1.54) is 23.5 Å². The average Bonchev–Trinajstić information content (AvgIpc) is 2.80. The van der Waals surface area contributed by atoms with Gasteiger partial charge in [0.1, 0.15) is 0 Å². The summed E-state index contributed by atoms with van der Waals surface area (Å²) in [5.41, 5.74) is 4.62. The van der Waals surface area contributed by atoms with Crippen LogP contribution in [0.25, 0.3) is 0 Å². The molecule has 37 heavy (non-hydrogen) atoms. The zero-order valence-corrected chi connectivity index (χ0v) is 22.8. The molecule has 0 aromatic heterocycles. The van der Waals surface area contributed by atoms with Crippen LogP contribution in [0.1, 0.15) is 67.2 Å². The molecule has 0 radical (unpaired) electrons. The van der Waals surface area contributed by atoms with Crippen LogP contribution in [0.3, 0.4) is 0 Å². The zero-order chi connectivity index (χ0) is 27.3. The van der Waals surface area contributed by atoms with E-state index in [4.69, 9.17) is 5.11 Å². The normalized spacial score (nSPS) is 12.6. The van der Waals surface area contributed by atoms with Crippen LogP contribution >= 0.6 is 23.5 Å². The lowest BCUT2D eigenvalue weighted by Gasteiger charge is -2.18. The Morgan fingerprint density at radius 2 is 1.27 bits per heavy atom. The molecule has 3 N–H and O–H groups in total. The Balaban J connectivity index is 1.76. The molecule has 0 aliphatic heterocycles. The minimum atomic E-state index is -0.992. The van der Waals surface area contributed by atoms with Gasteiger partial charge in [-0.1, -0.05) is 32.0 Å². The van der Waals surface area contributed by atoms with Crippen LogP contribution in [-0.4, -0.2) is 43.7 Å². The Bertz CT molecular complexity index is 1320. The number of benzene rings is 3. The molecule has 0 amide bonds. The summed E-state index contributed by atoms with van der Waals surface area (Å²) in [6.45, 7) is 7.92. The largest absolute Gasteiger partial charge is 0.478 e. The Hall–Kier alpha value is -3.23. The first-order chi connectivity index (χ1) is 17.4. The van der Waals surface area contributed by atoms with Gasteiger partial charge < -0.3 is 15.3 Å². The fourth-order valence-corrected chi connectivity index (χ4v) is 6.52. The van der Waals surface area contributed by atoms with Gasteiger partial charge in [-0.25, -0.2) is 14.4 Å². The Labute approximate surface area is 225 Å². The Morgan fingerprint density at radius 1 is 0.703 bits per heavy atom. The van der Waals surface area contributed by atoms with Crippen molar-refractivity contribution in [3.63, 3.8) is 0 Å². The fourth-order valence-electron chi connectivity index (χ4n) is 4.06. The van der Waals surface area contributed by atoms with Gasteiger partial charge in [0.25, 0.3) is 0 Å². The highest BCUT2D eigenvalue weighted by atomic mass is 32.2. The molecule has 2 atom stereocenters. The van der Waals surface area contributed by atoms with Crippen LogP contribution in [0.15, 0.2) is 64.4 Å². The third kappa shape index (κ3) is 7.63. The van der Waals surface area contributed by atoms with Crippen LogP contribution < -0.4 is 0 Å². The predicted octanol–water partition coefficient (Wildman–Crippen LogP) is 6.84. The summed E-state index contributed by atoms with van der Waals surface area (Å²) in [5, 5.41) is 28.6. The SMILES string of the molecule is Cc1ccc(C(=O)O)c(SC(C)Cc2cc(C(=O)O)c(SC(C)Cc3ccc(C(=O)O)cc3)cc2C)c1. The fraction of sp³-hybridized carbons (Fsp3) is 0.276. The van der Waals surface area contributed by atoms with E-state index < -0.39 is 17.9 Å². The Kier molecular flexibility index (Phi) is 9.45. The van der Waals surface area contributed by atoms with Gasteiger partial charge in [0.2, 0.25) is 0 Å². The molecular weight excluding hydrogens is 508 g/mol. The Morgan fingerprint density at radius 3 is 1.84 bits per heavy atom. The molecule has 194 valence electrons. The van der Waals surface area contributed by atoms with E-state index in [1.54, 1.807) is 42.5 Å². The summed E-state index contributed by atoms with van der Waals surface area (Å²) in [7, 11) is 0. The highest BCUT2D eigenvalue weighted by Gasteiger charge is 2.19. The summed E-state index contributed by atoms with van der Waals surface area (Å²) in [4.78, 5) is 36.2. The maximum absolute atomic E-state index is 12.1. The lowest BCUT2D eigenvalue weighted by molar-refractivity contribution is 0.0682. The molecule has 3 aromatic rings. The summed E-state index contributed by atoms with van der Waals surface area (Å²) in [6, 6.07) is 15.7. The highest BCUT2D eigenvalue weighted by Crippen LogP contribution is 2.34. The number of aryl methyl sites for hydroxylation is 2. The summed E-state index contributed by atoms with van der Waals surface area (Å²) in [6.07, 6.45) is 1.26. The van der Waals surface area contributed by atoms with Gasteiger partial charge in [0.15, 0.2) is 0 Å². The molecule has 0 bridgehead atoms. The molecule has 0 spiro atoms. The summed E-state index contributed by atoms with van der Waals surface area (Å²) in [5.74, 6) is -2.93. The maximum Gasteiger partial charge on any atom is 0.336 e. The van der Waals surface area contributed by atoms with Crippen molar-refractivity contribution in [3.05, 3.63) is 93.5 Å². The molecule has 0 saturated carbocycles. The van der Waals surface area contributed by atoms with Crippen LogP contribution in [0, 0.1) is 13.8 Å². The molecule has 2 unspecified atom stereocenters. The van der Waals surface area contributed by atoms with Crippen LogP contribution in [-0.2, 0) is 12.8 Å². The second-order valence-corrected chi connectivity index (χ2v) is 12.1. The standard InChI is InChI=1S/C29H30O6S2/c1-16-5-10-23(28(32)33)25(11-16)37-19(4)14-22-15-24(29(34)35)26(12-17(22)2)36-18(3)13-20-6-8-21(9-7-20)27(30)31/h5-12,15,18-19H,13-14H2,1-4H3,(H,30,31)(H,32,33)(H,34,35). The van der Waals surface area contributed by atoms with E-state index in [9.17, 15) is 24.6 Å². The van der Waals surface area contributed by atoms with E-state index >= 15 is 0 Å². The lowest BCUT2D eigenvalue weighted by atomic mass is 10.0. The van der Waals surface area contributed by atoms with E-state index in [-0.39, 0.29) is 27.2 Å². The minimum Gasteiger partial charge on any atom is -0.478 e. The summed E-state index contributed by atoms with van der Waals surface area (Å²) >= 11 is 2.97. The third-order valence-electron chi connectivity index (χ3n) is 5.92. The van der Waals surface area contributed by atoms with E-state index in [0.29, 0.717) is 22.6 Å². The first kappa shape index (κ1) is 28.3. The second kappa shape index (κ2) is 12.3. The first-order valence-electron chi connectivity index (χ1n) is 11.8. The molecule has 3 rings (SSSR count). The predicted molar refractivity (Wildman–Crippen MR) is 148 cm³/mol. The van der Waals surface area contributed by atoms with Crippen molar-refractivity contribution in [3.8, 4) is 0 Å². The quantitative estimate of drug-likeness (QED) is 0.227. The van der Waals surface area contributed by atoms with Crippen molar-refractivity contribution in [2.45, 2.75) is 60.8 Å². The number of rotatable bonds is 11. The van der Waals surface area contributed by atoms with Crippen LogP contribution in [0.5, 0.6) is 0 Å². The number of carboxylic acids is 3. The molecule has 0 aliphatic rings.